The molecule has 0 spiro atoms. The molecule has 6 nitrogen and oxygen atoms in total. The molecular formula is C20H17FN4O2. The fraction of sp³-hybridized carbons (Fsp3) is 0.0500. The van der Waals surface area contributed by atoms with Gasteiger partial charge in [-0.15, -0.1) is 0 Å². The van der Waals surface area contributed by atoms with Crippen LogP contribution in [0.3, 0.4) is 0 Å². The smallest absolute Gasteiger partial charge is 0.274 e. The largest absolute Gasteiger partial charge is 0.355 e. The quantitative estimate of drug-likeness (QED) is 0.634. The Labute approximate surface area is 155 Å². The van der Waals surface area contributed by atoms with E-state index in [0.29, 0.717) is 22.7 Å². The third-order valence-corrected chi connectivity index (χ3v) is 3.59. The van der Waals surface area contributed by atoms with Crippen LogP contribution in [0.4, 0.5) is 27.1 Å². The summed E-state index contributed by atoms with van der Waals surface area (Å²) in [5.41, 5.74) is 2.80. The minimum absolute atomic E-state index is 0.165. The second-order valence-electron chi connectivity index (χ2n) is 5.77. The number of pyridine rings is 1. The minimum Gasteiger partial charge on any atom is -0.355 e. The molecule has 7 heteroatoms. The summed E-state index contributed by atoms with van der Waals surface area (Å²) in [4.78, 5) is 27.5. The molecule has 2 amide bonds. The first-order valence-corrected chi connectivity index (χ1v) is 8.17. The van der Waals surface area contributed by atoms with Gasteiger partial charge in [-0.3, -0.25) is 14.6 Å². The van der Waals surface area contributed by atoms with Crippen molar-refractivity contribution < 1.29 is 14.0 Å². The number of halogens is 1. The molecule has 136 valence electrons. The topological polar surface area (TPSA) is 83.1 Å². The first-order valence-electron chi connectivity index (χ1n) is 8.17. The summed E-state index contributed by atoms with van der Waals surface area (Å²) in [7, 11) is 0. The molecule has 0 aliphatic carbocycles. The third-order valence-electron chi connectivity index (χ3n) is 3.59. The molecule has 0 aliphatic rings. The summed E-state index contributed by atoms with van der Waals surface area (Å²) in [5.74, 6) is -0.855. The summed E-state index contributed by atoms with van der Waals surface area (Å²) in [5, 5.41) is 8.49. The van der Waals surface area contributed by atoms with E-state index < -0.39 is 0 Å². The number of anilines is 4. The lowest BCUT2D eigenvalue weighted by molar-refractivity contribution is -0.114. The van der Waals surface area contributed by atoms with Gasteiger partial charge in [-0.2, -0.15) is 0 Å². The van der Waals surface area contributed by atoms with Gasteiger partial charge in [-0.25, -0.2) is 4.39 Å². The Morgan fingerprint density at radius 2 is 1.41 bits per heavy atom. The van der Waals surface area contributed by atoms with Crippen LogP contribution in [0.5, 0.6) is 0 Å². The molecule has 3 rings (SSSR count). The van der Waals surface area contributed by atoms with Gasteiger partial charge in [0.25, 0.3) is 5.91 Å². The predicted octanol–water partition coefficient (Wildman–Crippen LogP) is 4.18. The van der Waals surface area contributed by atoms with Gasteiger partial charge in [0.15, 0.2) is 0 Å². The van der Waals surface area contributed by atoms with E-state index in [4.69, 9.17) is 0 Å². The van der Waals surface area contributed by atoms with Crippen molar-refractivity contribution in [3.63, 3.8) is 0 Å². The zero-order valence-electron chi connectivity index (χ0n) is 14.5. The van der Waals surface area contributed by atoms with Crippen LogP contribution in [0.25, 0.3) is 0 Å². The third kappa shape index (κ3) is 5.12. The molecule has 2 aromatic carbocycles. The van der Waals surface area contributed by atoms with Crippen LogP contribution in [0, 0.1) is 5.82 Å². The van der Waals surface area contributed by atoms with Crippen LogP contribution < -0.4 is 16.0 Å². The lowest BCUT2D eigenvalue weighted by Gasteiger charge is -2.09. The summed E-state index contributed by atoms with van der Waals surface area (Å²) in [6.07, 6.45) is 1.51. The normalized spacial score (nSPS) is 10.1. The van der Waals surface area contributed by atoms with Crippen molar-refractivity contribution >= 4 is 34.6 Å². The molecule has 1 heterocycles. The van der Waals surface area contributed by atoms with Crippen molar-refractivity contribution in [3.8, 4) is 0 Å². The summed E-state index contributed by atoms with van der Waals surface area (Å²) in [6, 6.07) is 16.0. The van der Waals surface area contributed by atoms with Crippen molar-refractivity contribution in [2.45, 2.75) is 6.92 Å². The molecule has 0 bridgehead atoms. The van der Waals surface area contributed by atoms with Crippen molar-refractivity contribution in [1.82, 2.24) is 4.98 Å². The molecule has 0 saturated carbocycles. The Morgan fingerprint density at radius 1 is 0.815 bits per heavy atom. The number of carbonyl (C=O) groups is 2. The number of rotatable bonds is 5. The van der Waals surface area contributed by atoms with Gasteiger partial charge in [0.2, 0.25) is 5.91 Å². The van der Waals surface area contributed by atoms with E-state index in [1.165, 1.54) is 25.3 Å². The van der Waals surface area contributed by atoms with Gasteiger partial charge in [0.05, 0.1) is 0 Å². The van der Waals surface area contributed by atoms with E-state index in [-0.39, 0.29) is 23.3 Å². The summed E-state index contributed by atoms with van der Waals surface area (Å²) < 4.78 is 13.0. The van der Waals surface area contributed by atoms with Crippen LogP contribution in [-0.2, 0) is 4.79 Å². The molecule has 3 aromatic rings. The molecule has 0 unspecified atom stereocenters. The van der Waals surface area contributed by atoms with Crippen molar-refractivity contribution in [2.24, 2.45) is 0 Å². The van der Waals surface area contributed by atoms with Gasteiger partial charge >= 0.3 is 0 Å². The highest BCUT2D eigenvalue weighted by molar-refractivity contribution is 6.03. The number of carbonyl (C=O) groups excluding carboxylic acids is 2. The Hall–Kier alpha value is -3.74. The van der Waals surface area contributed by atoms with E-state index >= 15 is 0 Å². The molecule has 27 heavy (non-hydrogen) atoms. The van der Waals surface area contributed by atoms with E-state index in [0.717, 1.165) is 0 Å². The van der Waals surface area contributed by atoms with Crippen molar-refractivity contribution in [2.75, 3.05) is 16.0 Å². The number of hydrogen-bond donors (Lipinski definition) is 3. The van der Waals surface area contributed by atoms with Gasteiger partial charge in [-0.1, -0.05) is 0 Å². The SMILES string of the molecule is CC(=O)Nc1ccc(NC(=O)c2cc(Nc3ccc(F)cc3)ccn2)cc1. The Morgan fingerprint density at radius 3 is 2.04 bits per heavy atom. The van der Waals surface area contributed by atoms with E-state index in [1.54, 1.807) is 48.5 Å². The summed E-state index contributed by atoms with van der Waals surface area (Å²) in [6.45, 7) is 1.42. The number of nitrogens with zero attached hydrogens (tertiary/aromatic N) is 1. The lowest BCUT2D eigenvalue weighted by Crippen LogP contribution is -2.14. The van der Waals surface area contributed by atoms with E-state index in [2.05, 4.69) is 20.9 Å². The minimum atomic E-state index is -0.370. The van der Waals surface area contributed by atoms with Crippen LogP contribution in [0.2, 0.25) is 0 Å². The molecule has 0 saturated heterocycles. The standard InChI is InChI=1S/C20H17FN4O2/c1-13(26)23-15-6-8-17(9-7-15)25-20(27)19-12-18(10-11-22-19)24-16-4-2-14(21)3-5-16/h2-12H,1H3,(H,22,24)(H,23,26)(H,25,27). The molecule has 0 fully saturated rings. The monoisotopic (exact) mass is 364 g/mol. The maximum atomic E-state index is 13.0. The number of nitrogens with one attached hydrogen (secondary N) is 3. The molecule has 1 aromatic heterocycles. The first-order chi connectivity index (χ1) is 13.0. The predicted molar refractivity (Wildman–Crippen MR) is 103 cm³/mol. The fourth-order valence-electron chi connectivity index (χ4n) is 2.37. The number of hydrogen-bond acceptors (Lipinski definition) is 4. The van der Waals surface area contributed by atoms with Gasteiger partial charge in [0.1, 0.15) is 11.5 Å². The van der Waals surface area contributed by atoms with Crippen LogP contribution in [0.1, 0.15) is 17.4 Å². The highest BCUT2D eigenvalue weighted by atomic mass is 19.1. The van der Waals surface area contributed by atoms with E-state index in [9.17, 15) is 14.0 Å². The lowest BCUT2D eigenvalue weighted by atomic mass is 10.2. The molecule has 3 N–H and O–H groups in total. The molecular weight excluding hydrogens is 347 g/mol. The first kappa shape index (κ1) is 18.1. The van der Waals surface area contributed by atoms with Crippen LogP contribution in [0.15, 0.2) is 66.9 Å². The fourth-order valence-corrected chi connectivity index (χ4v) is 2.37. The number of amides is 2. The van der Waals surface area contributed by atoms with E-state index in [1.807, 2.05) is 0 Å². The second kappa shape index (κ2) is 8.09. The maximum Gasteiger partial charge on any atom is 0.274 e. The Balaban J connectivity index is 1.67. The average Bonchev–Trinajstić information content (AvgIpc) is 2.65. The molecule has 0 radical (unpaired) electrons. The van der Waals surface area contributed by atoms with Crippen molar-refractivity contribution in [3.05, 3.63) is 78.4 Å². The zero-order valence-corrected chi connectivity index (χ0v) is 14.5. The van der Waals surface area contributed by atoms with Gasteiger partial charge in [-0.05, 0) is 60.7 Å². The van der Waals surface area contributed by atoms with Crippen LogP contribution in [-0.4, -0.2) is 16.8 Å². The second-order valence-corrected chi connectivity index (χ2v) is 5.77. The average molecular weight is 364 g/mol. The zero-order chi connectivity index (χ0) is 19.2. The summed E-state index contributed by atoms with van der Waals surface area (Å²) >= 11 is 0. The Kier molecular flexibility index (Phi) is 5.41. The number of benzene rings is 2. The molecule has 0 atom stereocenters. The van der Waals surface area contributed by atoms with Crippen molar-refractivity contribution in [1.29, 1.82) is 0 Å². The highest BCUT2D eigenvalue weighted by Crippen LogP contribution is 2.18. The van der Waals surface area contributed by atoms with Crippen LogP contribution >= 0.6 is 0 Å². The maximum absolute atomic E-state index is 13.0. The van der Waals surface area contributed by atoms with Gasteiger partial charge in [0, 0.05) is 35.9 Å². The van der Waals surface area contributed by atoms with Gasteiger partial charge < -0.3 is 16.0 Å². The molecule has 0 aliphatic heterocycles. The highest BCUT2D eigenvalue weighted by Gasteiger charge is 2.09. The number of aromatic nitrogens is 1. The Bertz CT molecular complexity index is 956.